The third-order valence-corrected chi connectivity index (χ3v) is 3.53. The number of nitrogens with zero attached hydrogens (tertiary/aromatic N) is 1. The van der Waals surface area contributed by atoms with E-state index in [1.807, 2.05) is 30.3 Å². The van der Waals surface area contributed by atoms with Crippen LogP contribution in [0.15, 0.2) is 60.7 Å². The van der Waals surface area contributed by atoms with Gasteiger partial charge in [0.05, 0.1) is 0 Å². The van der Waals surface area contributed by atoms with Gasteiger partial charge in [-0.05, 0) is 22.7 Å². The second-order valence-electron chi connectivity index (χ2n) is 4.75. The van der Waals surface area contributed by atoms with E-state index in [1.54, 1.807) is 30.3 Å². The smallest absolute Gasteiger partial charge is 0.408 e. The molecule has 0 bridgehead atoms. The summed E-state index contributed by atoms with van der Waals surface area (Å²) >= 11 is 5.81. The highest BCUT2D eigenvalue weighted by atomic mass is 35.5. The minimum Gasteiger partial charge on any atom is -0.445 e. The van der Waals surface area contributed by atoms with Crippen LogP contribution < -0.4 is 5.32 Å². The third kappa shape index (κ3) is 4.96. The van der Waals surface area contributed by atoms with Crippen LogP contribution in [0.1, 0.15) is 17.2 Å². The van der Waals surface area contributed by atoms with Crippen molar-refractivity contribution in [3.63, 3.8) is 0 Å². The van der Waals surface area contributed by atoms with Crippen LogP contribution in [0.2, 0.25) is 0 Å². The van der Waals surface area contributed by atoms with Gasteiger partial charge in [-0.3, -0.25) is 10.1 Å². The molecule has 0 saturated heterocycles. The van der Waals surface area contributed by atoms with Crippen molar-refractivity contribution >= 4 is 17.7 Å². The van der Waals surface area contributed by atoms with Gasteiger partial charge in [0.15, 0.2) is 0 Å². The summed E-state index contributed by atoms with van der Waals surface area (Å²) < 4.78 is 5.08. The Morgan fingerprint density at radius 3 is 2.26 bits per heavy atom. The second-order valence-corrected chi connectivity index (χ2v) is 5.20. The van der Waals surface area contributed by atoms with Gasteiger partial charge in [-0.2, -0.15) is 0 Å². The zero-order valence-corrected chi connectivity index (χ0v) is 12.8. The van der Waals surface area contributed by atoms with E-state index in [0.29, 0.717) is 5.56 Å². The Kier molecular flexibility index (Phi) is 5.94. The van der Waals surface area contributed by atoms with Gasteiger partial charge in [0, 0.05) is 4.92 Å². The van der Waals surface area contributed by atoms with Crippen molar-refractivity contribution in [3.8, 4) is 0 Å². The molecule has 0 aliphatic rings. The Morgan fingerprint density at radius 1 is 1.13 bits per heavy atom. The molecule has 120 valence electrons. The molecule has 0 fully saturated rings. The number of amides is 1. The van der Waals surface area contributed by atoms with Crippen LogP contribution >= 0.6 is 11.6 Å². The van der Waals surface area contributed by atoms with Crippen LogP contribution in [0.3, 0.4) is 0 Å². The van der Waals surface area contributed by atoms with Gasteiger partial charge >= 0.3 is 11.6 Å². The molecule has 6 nitrogen and oxygen atoms in total. The molecule has 1 amide bonds. The highest BCUT2D eigenvalue weighted by molar-refractivity contribution is 6.20. The van der Waals surface area contributed by atoms with E-state index in [9.17, 15) is 14.9 Å². The van der Waals surface area contributed by atoms with Gasteiger partial charge in [-0.15, -0.1) is 0 Å². The zero-order valence-electron chi connectivity index (χ0n) is 12.1. The van der Waals surface area contributed by atoms with Crippen molar-refractivity contribution < 1.29 is 14.5 Å². The Hall–Kier alpha value is -2.60. The number of ether oxygens (including phenoxy) is 1. The molecule has 23 heavy (non-hydrogen) atoms. The SMILES string of the molecule is O=C(NC(c1ccccc1)C(Cl)[N+](=O)[O-])OCc1ccccc1. The standard InChI is InChI=1S/C16H15ClN2O4/c17-15(19(21)22)14(13-9-5-2-6-10-13)18-16(20)23-11-12-7-3-1-4-8-12/h1-10,14-15H,11H2,(H,18,20). The molecule has 2 aromatic rings. The molecule has 0 spiro atoms. The minimum absolute atomic E-state index is 0.0690. The lowest BCUT2D eigenvalue weighted by Crippen LogP contribution is -2.37. The maximum Gasteiger partial charge on any atom is 0.408 e. The summed E-state index contributed by atoms with van der Waals surface area (Å²) in [6.45, 7) is 0.0690. The zero-order chi connectivity index (χ0) is 16.7. The van der Waals surface area contributed by atoms with Crippen LogP contribution in [-0.4, -0.2) is 16.5 Å². The molecule has 0 aromatic heterocycles. The molecule has 1 N–H and O–H groups in total. The molecule has 0 heterocycles. The highest BCUT2D eigenvalue weighted by Gasteiger charge is 2.32. The number of nitro groups is 1. The third-order valence-electron chi connectivity index (χ3n) is 3.12. The van der Waals surface area contributed by atoms with Crippen molar-refractivity contribution in [2.24, 2.45) is 0 Å². The fourth-order valence-corrected chi connectivity index (χ4v) is 2.19. The Balaban J connectivity index is 2.02. The van der Waals surface area contributed by atoms with Gasteiger partial charge in [0.1, 0.15) is 12.6 Å². The minimum atomic E-state index is -1.50. The molecule has 2 rings (SSSR count). The van der Waals surface area contributed by atoms with Gasteiger partial charge in [-0.25, -0.2) is 4.79 Å². The summed E-state index contributed by atoms with van der Waals surface area (Å²) in [6, 6.07) is 16.6. The first-order chi connectivity index (χ1) is 11.1. The summed E-state index contributed by atoms with van der Waals surface area (Å²) in [5.41, 5.74) is -0.154. The molecule has 0 aliphatic heterocycles. The lowest BCUT2D eigenvalue weighted by molar-refractivity contribution is -0.503. The molecule has 0 aliphatic carbocycles. The van der Waals surface area contributed by atoms with Crippen LogP contribution in [0.4, 0.5) is 4.79 Å². The quantitative estimate of drug-likeness (QED) is 0.379. The van der Waals surface area contributed by atoms with Crippen LogP contribution in [0.25, 0.3) is 0 Å². The molecular weight excluding hydrogens is 320 g/mol. The van der Waals surface area contributed by atoms with E-state index in [-0.39, 0.29) is 6.61 Å². The number of carbonyl (C=O) groups excluding carboxylic acids is 1. The fraction of sp³-hybridized carbons (Fsp3) is 0.188. The average Bonchev–Trinajstić information content (AvgIpc) is 2.59. The Labute approximate surface area is 138 Å². The number of benzene rings is 2. The Bertz CT molecular complexity index is 652. The number of hydrogen-bond acceptors (Lipinski definition) is 4. The van der Waals surface area contributed by atoms with E-state index in [2.05, 4.69) is 5.32 Å². The summed E-state index contributed by atoms with van der Waals surface area (Å²) in [5, 5.41) is 13.4. The first-order valence-electron chi connectivity index (χ1n) is 6.87. The molecule has 2 aromatic carbocycles. The molecule has 2 atom stereocenters. The van der Waals surface area contributed by atoms with Crippen LogP contribution in [0, 0.1) is 10.1 Å². The van der Waals surface area contributed by atoms with Crippen molar-refractivity contribution in [1.82, 2.24) is 5.32 Å². The van der Waals surface area contributed by atoms with Crippen LogP contribution in [0.5, 0.6) is 0 Å². The summed E-state index contributed by atoms with van der Waals surface area (Å²) in [7, 11) is 0. The number of hydrogen-bond donors (Lipinski definition) is 1. The van der Waals surface area contributed by atoms with Gasteiger partial charge < -0.3 is 10.1 Å². The van der Waals surface area contributed by atoms with Crippen molar-refractivity contribution in [2.75, 3.05) is 0 Å². The van der Waals surface area contributed by atoms with Gasteiger partial charge in [0.2, 0.25) is 0 Å². The summed E-state index contributed by atoms with van der Waals surface area (Å²) in [6.07, 6.45) is -0.768. The van der Waals surface area contributed by atoms with Crippen molar-refractivity contribution in [1.29, 1.82) is 0 Å². The number of alkyl carbamates (subject to hydrolysis) is 1. The first-order valence-corrected chi connectivity index (χ1v) is 7.31. The predicted octanol–water partition coefficient (Wildman–Crippen LogP) is 3.50. The van der Waals surface area contributed by atoms with Crippen LogP contribution in [-0.2, 0) is 11.3 Å². The molecule has 7 heteroatoms. The maximum atomic E-state index is 11.9. The van der Waals surface area contributed by atoms with Gasteiger partial charge in [-0.1, -0.05) is 60.7 Å². The predicted molar refractivity (Wildman–Crippen MR) is 85.6 cm³/mol. The number of nitrogens with one attached hydrogen (secondary N) is 1. The van der Waals surface area contributed by atoms with E-state index in [0.717, 1.165) is 5.56 Å². The largest absolute Gasteiger partial charge is 0.445 e. The van der Waals surface area contributed by atoms with E-state index in [1.165, 1.54) is 0 Å². The highest BCUT2D eigenvalue weighted by Crippen LogP contribution is 2.21. The molecule has 0 radical (unpaired) electrons. The van der Waals surface area contributed by atoms with Crippen molar-refractivity contribution in [3.05, 3.63) is 81.9 Å². The lowest BCUT2D eigenvalue weighted by Gasteiger charge is -2.18. The second kappa shape index (κ2) is 8.14. The topological polar surface area (TPSA) is 81.5 Å². The monoisotopic (exact) mass is 334 g/mol. The Morgan fingerprint density at radius 2 is 1.70 bits per heavy atom. The number of carbonyl (C=O) groups is 1. The normalized spacial score (nSPS) is 12.9. The van der Waals surface area contributed by atoms with E-state index < -0.39 is 22.6 Å². The molecule has 2 unspecified atom stereocenters. The first kappa shape index (κ1) is 16.8. The van der Waals surface area contributed by atoms with E-state index in [4.69, 9.17) is 16.3 Å². The lowest BCUT2D eigenvalue weighted by atomic mass is 10.1. The fourth-order valence-electron chi connectivity index (χ4n) is 1.98. The van der Waals surface area contributed by atoms with Crippen molar-refractivity contribution in [2.45, 2.75) is 18.1 Å². The molecule has 0 saturated carbocycles. The number of rotatable bonds is 6. The average molecular weight is 335 g/mol. The number of alkyl halides is 1. The van der Waals surface area contributed by atoms with Gasteiger partial charge in [0.25, 0.3) is 0 Å². The van der Waals surface area contributed by atoms with E-state index >= 15 is 0 Å². The number of halogens is 1. The summed E-state index contributed by atoms with van der Waals surface area (Å²) in [4.78, 5) is 22.2. The molecular formula is C16H15ClN2O4. The maximum absolute atomic E-state index is 11.9. The summed E-state index contributed by atoms with van der Waals surface area (Å²) in [5.74, 6) is 0.